The van der Waals surface area contributed by atoms with Crippen LogP contribution in [0.2, 0.25) is 0 Å². The molecular weight excluding hydrogens is 443 g/mol. The van der Waals surface area contributed by atoms with Crippen LogP contribution in [0, 0.1) is 6.92 Å². The molecule has 6 nitrogen and oxygen atoms in total. The summed E-state index contributed by atoms with van der Waals surface area (Å²) < 4.78 is 1.30. The minimum atomic E-state index is -1.89. The smallest absolute Gasteiger partial charge is 0.295 e. The van der Waals surface area contributed by atoms with Crippen molar-refractivity contribution in [1.29, 1.82) is 0 Å². The maximum absolute atomic E-state index is 13.0. The van der Waals surface area contributed by atoms with Crippen molar-refractivity contribution in [3.63, 3.8) is 0 Å². The van der Waals surface area contributed by atoms with E-state index < -0.39 is 15.9 Å². The van der Waals surface area contributed by atoms with Gasteiger partial charge in [-0.15, -0.1) is 11.3 Å². The van der Waals surface area contributed by atoms with Crippen molar-refractivity contribution >= 4 is 57.7 Å². The lowest BCUT2D eigenvalue weighted by Crippen LogP contribution is -2.49. The van der Waals surface area contributed by atoms with E-state index in [0.717, 1.165) is 0 Å². The van der Waals surface area contributed by atoms with Crippen molar-refractivity contribution in [1.82, 2.24) is 14.7 Å². The molecule has 0 aliphatic rings. The number of aromatic nitrogens is 2. The van der Waals surface area contributed by atoms with Gasteiger partial charge in [0, 0.05) is 7.05 Å². The Morgan fingerprint density at radius 3 is 2.39 bits per heavy atom. The highest BCUT2D eigenvalue weighted by molar-refractivity contribution is 7.12. The fourth-order valence-electron chi connectivity index (χ4n) is 2.69. The number of carbonyl (C=O) groups is 1. The molecule has 148 valence electrons. The van der Waals surface area contributed by atoms with Crippen molar-refractivity contribution in [2.24, 2.45) is 7.05 Å². The average molecular weight is 460 g/mol. The average Bonchev–Trinajstić information content (AvgIpc) is 3.25. The minimum absolute atomic E-state index is 0.231. The highest BCUT2D eigenvalue weighted by Gasteiger charge is 2.36. The number of thiophene rings is 1. The van der Waals surface area contributed by atoms with Crippen LogP contribution < -0.4 is 16.2 Å². The van der Waals surface area contributed by atoms with E-state index in [-0.39, 0.29) is 11.2 Å². The molecule has 0 fully saturated rings. The molecule has 10 heteroatoms. The highest BCUT2D eigenvalue weighted by Crippen LogP contribution is 2.31. The predicted molar refractivity (Wildman–Crippen MR) is 115 cm³/mol. The lowest BCUT2D eigenvalue weighted by Gasteiger charge is -2.26. The molecule has 0 saturated carbocycles. The maximum atomic E-state index is 13.0. The van der Waals surface area contributed by atoms with E-state index in [1.165, 1.54) is 16.0 Å². The third-order valence-electron chi connectivity index (χ3n) is 4.19. The molecule has 2 heterocycles. The number of amides is 1. The number of carbonyl (C=O) groups excluding carboxylic acids is 1. The summed E-state index contributed by atoms with van der Waals surface area (Å²) in [4.78, 5) is 25.9. The number of benzene rings is 1. The molecular formula is C18H17Cl3N4O2S. The highest BCUT2D eigenvalue weighted by atomic mass is 35.6. The van der Waals surface area contributed by atoms with E-state index >= 15 is 0 Å². The summed E-state index contributed by atoms with van der Waals surface area (Å²) in [5, 5.41) is 7.31. The number of halogens is 3. The first-order valence-electron chi connectivity index (χ1n) is 8.22. The van der Waals surface area contributed by atoms with Crippen LogP contribution in [0.4, 0.5) is 5.69 Å². The fourth-order valence-corrected chi connectivity index (χ4v) is 3.64. The molecule has 28 heavy (non-hydrogen) atoms. The van der Waals surface area contributed by atoms with Crippen molar-refractivity contribution < 1.29 is 4.79 Å². The van der Waals surface area contributed by atoms with Crippen LogP contribution in [0.15, 0.2) is 52.6 Å². The van der Waals surface area contributed by atoms with Crippen LogP contribution in [0.25, 0.3) is 5.69 Å². The molecule has 0 unspecified atom stereocenters. The number of para-hydroxylation sites is 1. The van der Waals surface area contributed by atoms with Crippen molar-refractivity contribution in [3.05, 3.63) is 68.8 Å². The van der Waals surface area contributed by atoms with E-state index in [1.54, 1.807) is 36.2 Å². The van der Waals surface area contributed by atoms with Gasteiger partial charge in [-0.05, 0) is 30.5 Å². The molecule has 0 spiro atoms. The molecule has 0 aliphatic heterocycles. The molecule has 0 aliphatic carbocycles. The van der Waals surface area contributed by atoms with Gasteiger partial charge in [0.15, 0.2) is 0 Å². The van der Waals surface area contributed by atoms with Gasteiger partial charge in [-0.2, -0.15) is 0 Å². The number of nitrogens with zero attached hydrogens (tertiary/aromatic N) is 2. The Balaban J connectivity index is 1.96. The quantitative estimate of drug-likeness (QED) is 0.446. The Kier molecular flexibility index (Phi) is 6.09. The molecule has 1 amide bonds. The largest absolute Gasteiger partial charge is 0.356 e. The summed E-state index contributed by atoms with van der Waals surface area (Å²) in [7, 11) is 1.75. The summed E-state index contributed by atoms with van der Waals surface area (Å²) >= 11 is 19.5. The molecule has 0 radical (unpaired) electrons. The van der Waals surface area contributed by atoms with E-state index in [2.05, 4.69) is 10.6 Å². The Morgan fingerprint density at radius 1 is 1.14 bits per heavy atom. The number of hydrogen-bond donors (Lipinski definition) is 2. The number of anilines is 1. The Morgan fingerprint density at radius 2 is 1.82 bits per heavy atom. The van der Waals surface area contributed by atoms with Crippen LogP contribution >= 0.6 is 46.1 Å². The van der Waals surface area contributed by atoms with Crippen molar-refractivity contribution in [2.45, 2.75) is 16.9 Å². The van der Waals surface area contributed by atoms with Crippen LogP contribution in [0.3, 0.4) is 0 Å². The minimum Gasteiger partial charge on any atom is -0.356 e. The zero-order valence-electron chi connectivity index (χ0n) is 14.9. The second-order valence-electron chi connectivity index (χ2n) is 6.01. The van der Waals surface area contributed by atoms with Gasteiger partial charge in [0.1, 0.15) is 11.9 Å². The maximum Gasteiger partial charge on any atom is 0.295 e. The number of rotatable bonds is 5. The predicted octanol–water partition coefficient (Wildman–Crippen LogP) is 4.08. The van der Waals surface area contributed by atoms with E-state index in [4.69, 9.17) is 34.8 Å². The van der Waals surface area contributed by atoms with Gasteiger partial charge in [-0.25, -0.2) is 4.68 Å². The van der Waals surface area contributed by atoms with Crippen LogP contribution in [-0.4, -0.2) is 25.2 Å². The molecule has 3 aromatic rings. The van der Waals surface area contributed by atoms with Crippen molar-refractivity contribution in [2.75, 3.05) is 5.32 Å². The SMILES string of the molecule is Cc1c(N[C@H](NC(=O)c2cccs2)C(Cl)(Cl)Cl)c(=O)n(-c2ccccc2)n1C. The van der Waals surface area contributed by atoms with Crippen LogP contribution in [0.1, 0.15) is 15.4 Å². The summed E-state index contributed by atoms with van der Waals surface area (Å²) in [5.41, 5.74) is 1.22. The van der Waals surface area contributed by atoms with Gasteiger partial charge in [-0.3, -0.25) is 14.3 Å². The summed E-state index contributed by atoms with van der Waals surface area (Å²) in [6.07, 6.45) is -1.12. The summed E-state index contributed by atoms with van der Waals surface area (Å²) in [5.74, 6) is -0.407. The zero-order chi connectivity index (χ0) is 20.5. The molecule has 0 saturated heterocycles. The second-order valence-corrected chi connectivity index (χ2v) is 9.32. The lowest BCUT2D eigenvalue weighted by molar-refractivity contribution is 0.0946. The third kappa shape index (κ3) is 4.22. The summed E-state index contributed by atoms with van der Waals surface area (Å²) in [6, 6.07) is 12.6. The molecule has 3 rings (SSSR count). The molecule has 2 aromatic heterocycles. The third-order valence-corrected chi connectivity index (χ3v) is 5.71. The fraction of sp³-hybridized carbons (Fsp3) is 0.222. The van der Waals surface area contributed by atoms with Gasteiger partial charge in [-0.1, -0.05) is 59.1 Å². The van der Waals surface area contributed by atoms with Gasteiger partial charge < -0.3 is 10.6 Å². The second kappa shape index (κ2) is 8.21. The van der Waals surface area contributed by atoms with Gasteiger partial charge in [0.2, 0.25) is 3.79 Å². The molecule has 0 bridgehead atoms. The lowest BCUT2D eigenvalue weighted by atomic mass is 10.3. The van der Waals surface area contributed by atoms with E-state index in [0.29, 0.717) is 16.3 Å². The first-order valence-corrected chi connectivity index (χ1v) is 10.2. The van der Waals surface area contributed by atoms with Gasteiger partial charge >= 0.3 is 0 Å². The van der Waals surface area contributed by atoms with Crippen LogP contribution in [0.5, 0.6) is 0 Å². The van der Waals surface area contributed by atoms with Crippen LogP contribution in [-0.2, 0) is 7.05 Å². The number of alkyl halides is 3. The molecule has 2 N–H and O–H groups in total. The Hall–Kier alpha value is -1.93. The van der Waals surface area contributed by atoms with Gasteiger partial charge in [0.25, 0.3) is 11.5 Å². The van der Waals surface area contributed by atoms with Gasteiger partial charge in [0.05, 0.1) is 16.3 Å². The topological polar surface area (TPSA) is 68.1 Å². The standard InChI is InChI=1S/C18H17Cl3N4O2S/c1-11-14(16(27)25(24(11)2)12-7-4-3-5-8-12)22-17(18(19,20)21)23-15(26)13-9-6-10-28-13/h3-10,17,22H,1-2H3,(H,23,26)/t17-/m1/s1. The number of hydrogen-bond acceptors (Lipinski definition) is 4. The first kappa shape index (κ1) is 20.8. The van der Waals surface area contributed by atoms with E-state index in [1.807, 2.05) is 30.3 Å². The zero-order valence-corrected chi connectivity index (χ0v) is 18.0. The summed E-state index contributed by atoms with van der Waals surface area (Å²) in [6.45, 7) is 1.76. The first-order chi connectivity index (χ1) is 13.2. The number of nitrogens with one attached hydrogen (secondary N) is 2. The molecule has 1 aromatic carbocycles. The Bertz CT molecular complexity index is 1020. The van der Waals surface area contributed by atoms with Crippen molar-refractivity contribution in [3.8, 4) is 5.69 Å². The monoisotopic (exact) mass is 458 g/mol. The molecule has 1 atom stereocenters. The Labute approximate surface area is 180 Å². The van der Waals surface area contributed by atoms with E-state index in [9.17, 15) is 9.59 Å². The normalized spacial score (nSPS) is 12.6.